The number of para-hydroxylation sites is 1. The van der Waals surface area contributed by atoms with Gasteiger partial charge in [0.25, 0.3) is 0 Å². The molecular weight excluding hydrogens is 359 g/mol. The fourth-order valence-corrected chi connectivity index (χ4v) is 2.38. The maximum atomic E-state index is 11.9. The van der Waals surface area contributed by atoms with Crippen LogP contribution >= 0.6 is 23.2 Å². The lowest BCUT2D eigenvalue weighted by molar-refractivity contribution is 0.262. The van der Waals surface area contributed by atoms with Gasteiger partial charge in [0, 0.05) is 11.4 Å². The van der Waals surface area contributed by atoms with Crippen LogP contribution < -0.4 is 16.0 Å². The van der Waals surface area contributed by atoms with Gasteiger partial charge in [-0.3, -0.25) is 5.32 Å². The molecule has 0 radical (unpaired) electrons. The summed E-state index contributed by atoms with van der Waals surface area (Å²) in [6.45, 7) is 0. The lowest BCUT2D eigenvalue weighted by atomic mass is 10.3. The van der Waals surface area contributed by atoms with Crippen molar-refractivity contribution in [2.75, 3.05) is 16.0 Å². The molecule has 25 heavy (non-hydrogen) atoms. The molecule has 7 heteroatoms. The van der Waals surface area contributed by atoms with Gasteiger partial charge in [0.1, 0.15) is 5.82 Å². The number of hydrogen-bond donors (Lipinski definition) is 3. The summed E-state index contributed by atoms with van der Waals surface area (Å²) in [5, 5.41) is 9.52. The summed E-state index contributed by atoms with van der Waals surface area (Å²) in [4.78, 5) is 16.1. The highest BCUT2D eigenvalue weighted by Gasteiger charge is 2.04. The lowest BCUT2D eigenvalue weighted by Crippen LogP contribution is -2.19. The molecule has 0 saturated heterocycles. The molecule has 0 saturated carbocycles. The molecule has 3 N–H and O–H groups in total. The van der Waals surface area contributed by atoms with Crippen molar-refractivity contribution in [2.45, 2.75) is 0 Å². The lowest BCUT2D eigenvalue weighted by Gasteiger charge is -2.09. The first-order valence-electron chi connectivity index (χ1n) is 7.41. The van der Waals surface area contributed by atoms with Gasteiger partial charge in [-0.05, 0) is 42.5 Å². The van der Waals surface area contributed by atoms with Crippen molar-refractivity contribution in [1.82, 2.24) is 4.98 Å². The quantitative estimate of drug-likeness (QED) is 0.543. The molecule has 0 fully saturated rings. The van der Waals surface area contributed by atoms with E-state index in [4.69, 9.17) is 23.2 Å². The molecule has 2 aromatic carbocycles. The van der Waals surface area contributed by atoms with Gasteiger partial charge in [-0.25, -0.2) is 9.78 Å². The van der Waals surface area contributed by atoms with Crippen LogP contribution in [0.1, 0.15) is 0 Å². The standard InChI is InChI=1S/C18H14Cl2N4O/c19-15-8-6-13(10-16(15)20)22-14-7-9-17(21-11-14)24-18(25)23-12-4-2-1-3-5-12/h1-11,22H,(H2,21,23,24,25). The van der Waals surface area contributed by atoms with Gasteiger partial charge in [0.05, 0.1) is 21.9 Å². The number of pyridine rings is 1. The number of nitrogens with zero attached hydrogens (tertiary/aromatic N) is 1. The number of nitrogens with one attached hydrogen (secondary N) is 3. The second-order valence-corrected chi connectivity index (χ2v) is 5.95. The number of halogens is 2. The fraction of sp³-hybridized carbons (Fsp3) is 0. The summed E-state index contributed by atoms with van der Waals surface area (Å²) in [5.74, 6) is 0.438. The van der Waals surface area contributed by atoms with Gasteiger partial charge in [0.15, 0.2) is 0 Å². The number of anilines is 4. The third-order valence-electron chi connectivity index (χ3n) is 3.25. The van der Waals surface area contributed by atoms with Crippen LogP contribution in [0.15, 0.2) is 66.9 Å². The zero-order chi connectivity index (χ0) is 17.6. The maximum Gasteiger partial charge on any atom is 0.324 e. The van der Waals surface area contributed by atoms with E-state index in [1.54, 1.807) is 42.6 Å². The molecule has 1 heterocycles. The highest BCUT2D eigenvalue weighted by molar-refractivity contribution is 6.42. The number of rotatable bonds is 4. The van der Waals surface area contributed by atoms with Crippen molar-refractivity contribution in [3.63, 3.8) is 0 Å². The molecule has 3 aromatic rings. The molecule has 0 bridgehead atoms. The van der Waals surface area contributed by atoms with Crippen LogP contribution in [-0.2, 0) is 0 Å². The maximum absolute atomic E-state index is 11.9. The van der Waals surface area contributed by atoms with E-state index in [9.17, 15) is 4.79 Å². The van der Waals surface area contributed by atoms with Gasteiger partial charge in [-0.1, -0.05) is 41.4 Å². The van der Waals surface area contributed by atoms with Crippen LogP contribution in [0.2, 0.25) is 10.0 Å². The van der Waals surface area contributed by atoms with Crippen molar-refractivity contribution in [2.24, 2.45) is 0 Å². The molecule has 1 aromatic heterocycles. The van der Waals surface area contributed by atoms with E-state index in [2.05, 4.69) is 20.9 Å². The first kappa shape index (κ1) is 17.1. The topological polar surface area (TPSA) is 66.1 Å². The molecule has 0 aliphatic rings. The Morgan fingerprint density at radius 3 is 2.24 bits per heavy atom. The molecule has 3 rings (SSSR count). The minimum Gasteiger partial charge on any atom is -0.354 e. The summed E-state index contributed by atoms with van der Waals surface area (Å²) in [6, 6.07) is 17.6. The normalized spacial score (nSPS) is 10.2. The van der Waals surface area contributed by atoms with Crippen LogP contribution in [0.4, 0.5) is 27.7 Å². The molecule has 5 nitrogen and oxygen atoms in total. The number of carbonyl (C=O) groups is 1. The smallest absolute Gasteiger partial charge is 0.324 e. The van der Waals surface area contributed by atoms with Crippen LogP contribution in [-0.4, -0.2) is 11.0 Å². The van der Waals surface area contributed by atoms with Crippen molar-refractivity contribution in [3.05, 3.63) is 76.9 Å². The molecule has 2 amide bonds. The average molecular weight is 373 g/mol. The molecular formula is C18H14Cl2N4O. The van der Waals surface area contributed by atoms with Gasteiger partial charge in [0.2, 0.25) is 0 Å². The van der Waals surface area contributed by atoms with Crippen molar-refractivity contribution in [1.29, 1.82) is 0 Å². The number of benzene rings is 2. The van der Waals surface area contributed by atoms with Gasteiger partial charge in [-0.15, -0.1) is 0 Å². The van der Waals surface area contributed by atoms with Crippen LogP contribution in [0.3, 0.4) is 0 Å². The van der Waals surface area contributed by atoms with E-state index < -0.39 is 0 Å². The third-order valence-corrected chi connectivity index (χ3v) is 3.98. The fourth-order valence-electron chi connectivity index (χ4n) is 2.08. The van der Waals surface area contributed by atoms with E-state index in [1.807, 2.05) is 24.3 Å². The predicted molar refractivity (Wildman–Crippen MR) is 103 cm³/mol. The van der Waals surface area contributed by atoms with Crippen LogP contribution in [0.25, 0.3) is 0 Å². The number of hydrogen-bond acceptors (Lipinski definition) is 3. The number of amides is 2. The molecule has 0 unspecified atom stereocenters. The second-order valence-electron chi connectivity index (χ2n) is 5.13. The van der Waals surface area contributed by atoms with E-state index in [0.717, 1.165) is 11.4 Å². The third kappa shape index (κ3) is 4.86. The van der Waals surface area contributed by atoms with Crippen molar-refractivity contribution in [3.8, 4) is 0 Å². The van der Waals surface area contributed by atoms with Gasteiger partial charge in [-0.2, -0.15) is 0 Å². The van der Waals surface area contributed by atoms with E-state index in [1.165, 1.54) is 0 Å². The zero-order valence-corrected chi connectivity index (χ0v) is 14.5. The van der Waals surface area contributed by atoms with Crippen LogP contribution in [0.5, 0.6) is 0 Å². The number of carbonyl (C=O) groups excluding carboxylic acids is 1. The summed E-state index contributed by atoms with van der Waals surface area (Å²) < 4.78 is 0. The Bertz CT molecular complexity index is 870. The van der Waals surface area contributed by atoms with Gasteiger partial charge < -0.3 is 10.6 Å². The Morgan fingerprint density at radius 1 is 0.800 bits per heavy atom. The Kier molecular flexibility index (Phi) is 5.38. The Labute approximate surface area is 155 Å². The van der Waals surface area contributed by atoms with Crippen LogP contribution in [0, 0.1) is 0 Å². The first-order chi connectivity index (χ1) is 12.1. The van der Waals surface area contributed by atoms with E-state index in [-0.39, 0.29) is 6.03 Å². The van der Waals surface area contributed by atoms with Crippen molar-refractivity contribution >= 4 is 52.1 Å². The summed E-state index contributed by atoms with van der Waals surface area (Å²) >= 11 is 11.9. The Balaban J connectivity index is 1.60. The molecule has 126 valence electrons. The molecule has 0 aliphatic carbocycles. The minimum atomic E-state index is -0.358. The first-order valence-corrected chi connectivity index (χ1v) is 8.17. The summed E-state index contributed by atoms with van der Waals surface area (Å²) in [5.41, 5.74) is 2.25. The van der Waals surface area contributed by atoms with Gasteiger partial charge >= 0.3 is 6.03 Å². The highest BCUT2D eigenvalue weighted by atomic mass is 35.5. The highest BCUT2D eigenvalue weighted by Crippen LogP contribution is 2.27. The minimum absolute atomic E-state index is 0.358. The van der Waals surface area contributed by atoms with Crippen molar-refractivity contribution < 1.29 is 4.79 Å². The van der Waals surface area contributed by atoms with E-state index >= 15 is 0 Å². The monoisotopic (exact) mass is 372 g/mol. The summed E-state index contributed by atoms with van der Waals surface area (Å²) in [7, 11) is 0. The molecule has 0 aliphatic heterocycles. The molecule has 0 atom stereocenters. The van der Waals surface area contributed by atoms with E-state index in [0.29, 0.717) is 21.6 Å². The number of urea groups is 1. The average Bonchev–Trinajstić information content (AvgIpc) is 2.61. The summed E-state index contributed by atoms with van der Waals surface area (Å²) in [6.07, 6.45) is 1.61. The SMILES string of the molecule is O=C(Nc1ccccc1)Nc1ccc(Nc2ccc(Cl)c(Cl)c2)cn1. The largest absolute Gasteiger partial charge is 0.354 e. The predicted octanol–water partition coefficient (Wildman–Crippen LogP) is 5.78. The second kappa shape index (κ2) is 7.88. The number of aromatic nitrogens is 1. The Hall–Kier alpha value is -2.76. The Morgan fingerprint density at radius 2 is 1.56 bits per heavy atom. The molecule has 0 spiro atoms. The zero-order valence-electron chi connectivity index (χ0n) is 13.0.